The highest BCUT2D eigenvalue weighted by atomic mass is 16.7. The lowest BCUT2D eigenvalue weighted by Gasteiger charge is -2.37. The summed E-state index contributed by atoms with van der Waals surface area (Å²) in [5, 5.41) is 0. The maximum Gasteiger partial charge on any atom is 0.157 e. The Morgan fingerprint density at radius 1 is 1.22 bits per heavy atom. The average Bonchev–Trinajstić information content (AvgIpc) is 2.41. The summed E-state index contributed by atoms with van der Waals surface area (Å²) in [6.45, 7) is 5.97. The highest BCUT2D eigenvalue weighted by Crippen LogP contribution is 2.22. The Bertz CT molecular complexity index is 342. The first-order valence-electron chi connectivity index (χ1n) is 6.63. The molecule has 0 saturated carbocycles. The van der Waals surface area contributed by atoms with E-state index in [1.807, 2.05) is 25.1 Å². The predicted molar refractivity (Wildman–Crippen MR) is 70.2 cm³/mol. The lowest BCUT2D eigenvalue weighted by Crippen LogP contribution is -2.47. The van der Waals surface area contributed by atoms with Crippen molar-refractivity contribution in [1.29, 1.82) is 0 Å². The minimum atomic E-state index is -0.333. The van der Waals surface area contributed by atoms with Gasteiger partial charge >= 0.3 is 0 Å². The number of benzene rings is 1. The second-order valence-corrected chi connectivity index (χ2v) is 5.06. The van der Waals surface area contributed by atoms with E-state index < -0.39 is 0 Å². The molecular weight excluding hydrogens is 228 g/mol. The van der Waals surface area contributed by atoms with Gasteiger partial charge in [-0.2, -0.15) is 0 Å². The van der Waals surface area contributed by atoms with Gasteiger partial charge in [-0.25, -0.2) is 0 Å². The lowest BCUT2D eigenvalue weighted by atomic mass is 10.1. The Balaban J connectivity index is 1.79. The van der Waals surface area contributed by atoms with Gasteiger partial charge in [0.1, 0.15) is 5.60 Å². The van der Waals surface area contributed by atoms with E-state index in [9.17, 15) is 0 Å². The van der Waals surface area contributed by atoms with Crippen LogP contribution in [0.3, 0.4) is 0 Å². The van der Waals surface area contributed by atoms with Gasteiger partial charge in [-0.15, -0.1) is 0 Å². The van der Waals surface area contributed by atoms with Gasteiger partial charge in [-0.05, 0) is 18.9 Å². The fraction of sp³-hybridized carbons (Fsp3) is 0.600. The molecule has 100 valence electrons. The molecule has 1 heterocycles. The predicted octanol–water partition coefficient (Wildman–Crippen LogP) is 3.13. The van der Waals surface area contributed by atoms with Gasteiger partial charge in [0.15, 0.2) is 6.29 Å². The van der Waals surface area contributed by atoms with E-state index in [0.717, 1.165) is 12.8 Å². The summed E-state index contributed by atoms with van der Waals surface area (Å²) in [4.78, 5) is 0. The van der Waals surface area contributed by atoms with Crippen molar-refractivity contribution in [3.8, 4) is 0 Å². The highest BCUT2D eigenvalue weighted by molar-refractivity contribution is 5.13. The molecule has 0 bridgehead atoms. The van der Waals surface area contributed by atoms with E-state index in [0.29, 0.717) is 19.8 Å². The quantitative estimate of drug-likeness (QED) is 0.803. The summed E-state index contributed by atoms with van der Waals surface area (Å²) >= 11 is 0. The molecule has 0 spiro atoms. The van der Waals surface area contributed by atoms with Crippen LogP contribution in [0.2, 0.25) is 0 Å². The van der Waals surface area contributed by atoms with E-state index >= 15 is 0 Å². The second-order valence-electron chi connectivity index (χ2n) is 5.06. The smallest absolute Gasteiger partial charge is 0.157 e. The van der Waals surface area contributed by atoms with Crippen LogP contribution in [0.4, 0.5) is 0 Å². The van der Waals surface area contributed by atoms with Gasteiger partial charge < -0.3 is 14.2 Å². The van der Waals surface area contributed by atoms with Gasteiger partial charge in [0, 0.05) is 0 Å². The summed E-state index contributed by atoms with van der Waals surface area (Å²) in [5.41, 5.74) is 0.842. The van der Waals surface area contributed by atoms with Gasteiger partial charge in [-0.1, -0.05) is 43.7 Å². The third-order valence-corrected chi connectivity index (χ3v) is 3.10. The average molecular weight is 250 g/mol. The molecule has 1 aliphatic heterocycles. The van der Waals surface area contributed by atoms with Crippen LogP contribution in [0.1, 0.15) is 32.3 Å². The van der Waals surface area contributed by atoms with Crippen molar-refractivity contribution >= 4 is 0 Å². The van der Waals surface area contributed by atoms with Crippen LogP contribution in [0.15, 0.2) is 30.3 Å². The largest absolute Gasteiger partial charge is 0.366 e. The molecule has 0 N–H and O–H groups in total. The molecule has 2 rings (SSSR count). The van der Waals surface area contributed by atoms with Gasteiger partial charge in [0.25, 0.3) is 0 Å². The topological polar surface area (TPSA) is 27.7 Å². The molecule has 0 amide bonds. The molecule has 0 unspecified atom stereocenters. The van der Waals surface area contributed by atoms with Crippen LogP contribution in [0, 0.1) is 0 Å². The summed E-state index contributed by atoms with van der Waals surface area (Å²) < 4.78 is 17.3. The molecule has 18 heavy (non-hydrogen) atoms. The molecule has 1 saturated heterocycles. The number of ether oxygens (including phenoxy) is 3. The minimum Gasteiger partial charge on any atom is -0.366 e. The fourth-order valence-corrected chi connectivity index (χ4v) is 1.95. The van der Waals surface area contributed by atoms with Crippen LogP contribution in [0.25, 0.3) is 0 Å². The van der Waals surface area contributed by atoms with Crippen molar-refractivity contribution in [3.05, 3.63) is 35.9 Å². The number of rotatable bonds is 5. The second kappa shape index (κ2) is 6.32. The molecule has 1 aromatic rings. The zero-order valence-corrected chi connectivity index (χ0v) is 11.2. The molecule has 0 atom stereocenters. The van der Waals surface area contributed by atoms with E-state index in [4.69, 9.17) is 14.2 Å². The van der Waals surface area contributed by atoms with Crippen molar-refractivity contribution < 1.29 is 14.2 Å². The molecule has 1 aliphatic rings. The van der Waals surface area contributed by atoms with Crippen molar-refractivity contribution in [2.24, 2.45) is 0 Å². The van der Waals surface area contributed by atoms with Gasteiger partial charge in [0.05, 0.1) is 19.8 Å². The lowest BCUT2D eigenvalue weighted by molar-refractivity contribution is -0.264. The molecule has 0 radical (unpaired) electrons. The van der Waals surface area contributed by atoms with Crippen LogP contribution < -0.4 is 0 Å². The first-order valence-corrected chi connectivity index (χ1v) is 6.63. The highest BCUT2D eigenvalue weighted by Gasteiger charge is 2.33. The number of hydrogen-bond acceptors (Lipinski definition) is 3. The van der Waals surface area contributed by atoms with E-state index in [1.165, 1.54) is 5.56 Å². The molecule has 3 nitrogen and oxygen atoms in total. The summed E-state index contributed by atoms with van der Waals surface area (Å²) in [6.07, 6.45) is 1.98. The Hall–Kier alpha value is -0.900. The van der Waals surface area contributed by atoms with Crippen molar-refractivity contribution in [3.63, 3.8) is 0 Å². The maximum absolute atomic E-state index is 5.93. The fourth-order valence-electron chi connectivity index (χ4n) is 1.95. The Kier molecular flexibility index (Phi) is 4.75. The SMILES string of the molecule is CCCC1OCC(C)(OCc2ccccc2)CO1. The summed E-state index contributed by atoms with van der Waals surface area (Å²) in [6, 6.07) is 10.2. The first kappa shape index (κ1) is 13.5. The van der Waals surface area contributed by atoms with Gasteiger partial charge in [-0.3, -0.25) is 0 Å². The Morgan fingerprint density at radius 3 is 2.50 bits per heavy atom. The molecule has 3 heteroatoms. The molecule has 1 aromatic carbocycles. The third kappa shape index (κ3) is 3.80. The maximum atomic E-state index is 5.93. The van der Waals surface area contributed by atoms with Gasteiger partial charge in [0.2, 0.25) is 0 Å². The van der Waals surface area contributed by atoms with E-state index in [-0.39, 0.29) is 11.9 Å². The summed E-state index contributed by atoms with van der Waals surface area (Å²) in [7, 11) is 0. The molecular formula is C15H22O3. The van der Waals surface area contributed by atoms with Crippen molar-refractivity contribution in [2.75, 3.05) is 13.2 Å². The molecule has 0 aliphatic carbocycles. The standard InChI is InChI=1S/C15H22O3/c1-3-7-14-16-11-15(2,12-17-14)18-10-13-8-5-4-6-9-13/h4-6,8-9,14H,3,7,10-12H2,1-2H3. The van der Waals surface area contributed by atoms with E-state index in [2.05, 4.69) is 19.1 Å². The zero-order chi connectivity index (χ0) is 12.8. The van der Waals surface area contributed by atoms with Crippen LogP contribution in [-0.2, 0) is 20.8 Å². The minimum absolute atomic E-state index is 0.0524. The van der Waals surface area contributed by atoms with Crippen LogP contribution in [-0.4, -0.2) is 25.1 Å². The first-order chi connectivity index (χ1) is 8.72. The zero-order valence-electron chi connectivity index (χ0n) is 11.2. The Labute approximate surface area is 109 Å². The van der Waals surface area contributed by atoms with Crippen LogP contribution in [0.5, 0.6) is 0 Å². The summed E-state index contributed by atoms with van der Waals surface area (Å²) in [5.74, 6) is 0. The molecule has 1 fully saturated rings. The monoisotopic (exact) mass is 250 g/mol. The number of hydrogen-bond donors (Lipinski definition) is 0. The van der Waals surface area contributed by atoms with Crippen molar-refractivity contribution in [1.82, 2.24) is 0 Å². The van der Waals surface area contributed by atoms with Crippen LogP contribution >= 0.6 is 0 Å². The van der Waals surface area contributed by atoms with E-state index in [1.54, 1.807) is 0 Å². The van der Waals surface area contributed by atoms with Crippen molar-refractivity contribution in [2.45, 2.75) is 45.2 Å². The molecule has 0 aromatic heterocycles. The third-order valence-electron chi connectivity index (χ3n) is 3.10. The normalized spacial score (nSPS) is 28.2. The Morgan fingerprint density at radius 2 is 1.89 bits per heavy atom.